The van der Waals surface area contributed by atoms with Crippen molar-refractivity contribution in [2.24, 2.45) is 0 Å². The van der Waals surface area contributed by atoms with Crippen molar-refractivity contribution in [3.63, 3.8) is 0 Å². The number of amides is 1. The smallest absolute Gasteiger partial charge is 0.237 e. The van der Waals surface area contributed by atoms with Gasteiger partial charge in [0.15, 0.2) is 0 Å². The Morgan fingerprint density at radius 1 is 1.00 bits per heavy atom. The molecule has 1 heterocycles. The van der Waals surface area contributed by atoms with Gasteiger partial charge in [0, 0.05) is 6.04 Å². The highest BCUT2D eigenvalue weighted by atomic mass is 16.2. The summed E-state index contributed by atoms with van der Waals surface area (Å²) in [6, 6.07) is 0.552. The number of carbonyl (C=O) groups excluding carboxylic acids is 1. The van der Waals surface area contributed by atoms with Crippen molar-refractivity contribution in [3.05, 3.63) is 0 Å². The summed E-state index contributed by atoms with van der Waals surface area (Å²) in [6.07, 6.45) is 9.99. The zero-order valence-corrected chi connectivity index (χ0v) is 9.43. The first-order valence-electron chi connectivity index (χ1n) is 6.40. The van der Waals surface area contributed by atoms with E-state index < -0.39 is 0 Å². The van der Waals surface area contributed by atoms with E-state index in [1.807, 2.05) is 0 Å². The van der Waals surface area contributed by atoms with Crippen molar-refractivity contribution in [2.75, 3.05) is 6.54 Å². The summed E-state index contributed by atoms with van der Waals surface area (Å²) < 4.78 is 0. The molecule has 1 aliphatic heterocycles. The van der Waals surface area contributed by atoms with E-state index in [-0.39, 0.29) is 11.9 Å². The average Bonchev–Trinajstić information content (AvgIpc) is 2.06. The molecule has 2 rings (SSSR count). The molecule has 1 aliphatic carbocycles. The normalized spacial score (nSPS) is 28.7. The summed E-state index contributed by atoms with van der Waals surface area (Å²) in [5.74, 6) is 0.229. The quantitative estimate of drug-likeness (QED) is 0.726. The molecule has 0 aromatic carbocycles. The Morgan fingerprint density at radius 2 is 1.60 bits per heavy atom. The van der Waals surface area contributed by atoms with Crippen LogP contribution in [0.5, 0.6) is 0 Å². The standard InChI is InChI=1S/C12H22N2O/c15-12(11-8-9-13-11)14-10-6-4-2-1-3-5-7-10/h10-11,13H,1-9H2,(H,14,15)/t11-/m1/s1. The molecule has 1 atom stereocenters. The highest BCUT2D eigenvalue weighted by Gasteiger charge is 2.26. The van der Waals surface area contributed by atoms with Crippen LogP contribution in [-0.2, 0) is 4.79 Å². The second kappa shape index (κ2) is 5.50. The van der Waals surface area contributed by atoms with Gasteiger partial charge in [0.25, 0.3) is 0 Å². The maximum atomic E-state index is 11.7. The van der Waals surface area contributed by atoms with E-state index in [2.05, 4.69) is 10.6 Å². The van der Waals surface area contributed by atoms with Crippen LogP contribution in [0, 0.1) is 0 Å². The Bertz CT molecular complexity index is 206. The van der Waals surface area contributed by atoms with E-state index in [0.29, 0.717) is 6.04 Å². The van der Waals surface area contributed by atoms with Gasteiger partial charge in [0.05, 0.1) is 6.04 Å². The van der Waals surface area contributed by atoms with Gasteiger partial charge >= 0.3 is 0 Å². The Hall–Kier alpha value is -0.570. The van der Waals surface area contributed by atoms with Gasteiger partial charge in [-0.05, 0) is 25.8 Å². The fourth-order valence-corrected chi connectivity index (χ4v) is 2.41. The van der Waals surface area contributed by atoms with Gasteiger partial charge in [-0.25, -0.2) is 0 Å². The van der Waals surface area contributed by atoms with Crippen LogP contribution in [0.25, 0.3) is 0 Å². The van der Waals surface area contributed by atoms with Crippen molar-refractivity contribution in [1.82, 2.24) is 10.6 Å². The number of rotatable bonds is 2. The lowest BCUT2D eigenvalue weighted by atomic mass is 9.96. The maximum Gasteiger partial charge on any atom is 0.237 e. The van der Waals surface area contributed by atoms with Gasteiger partial charge in [0.1, 0.15) is 0 Å². The van der Waals surface area contributed by atoms with E-state index in [1.165, 1.54) is 44.9 Å². The molecule has 3 heteroatoms. The van der Waals surface area contributed by atoms with Crippen LogP contribution in [0.4, 0.5) is 0 Å². The highest BCUT2D eigenvalue weighted by Crippen LogP contribution is 2.17. The van der Waals surface area contributed by atoms with Gasteiger partial charge in [0.2, 0.25) is 5.91 Å². The highest BCUT2D eigenvalue weighted by molar-refractivity contribution is 5.82. The fraction of sp³-hybridized carbons (Fsp3) is 0.917. The van der Waals surface area contributed by atoms with Crippen LogP contribution in [0.2, 0.25) is 0 Å². The first kappa shape index (κ1) is 10.9. The third kappa shape index (κ3) is 3.20. The zero-order valence-electron chi connectivity index (χ0n) is 9.43. The monoisotopic (exact) mass is 210 g/mol. The first-order chi connectivity index (χ1) is 7.36. The van der Waals surface area contributed by atoms with Crippen molar-refractivity contribution >= 4 is 5.91 Å². The van der Waals surface area contributed by atoms with Gasteiger partial charge < -0.3 is 10.6 Å². The summed E-state index contributed by atoms with van der Waals surface area (Å²) in [6.45, 7) is 1.00. The molecule has 1 saturated carbocycles. The van der Waals surface area contributed by atoms with Crippen molar-refractivity contribution < 1.29 is 4.79 Å². The van der Waals surface area contributed by atoms with Crippen LogP contribution in [-0.4, -0.2) is 24.5 Å². The Morgan fingerprint density at radius 3 is 2.13 bits per heavy atom. The molecule has 0 radical (unpaired) electrons. The Labute approximate surface area is 92.0 Å². The topological polar surface area (TPSA) is 41.1 Å². The molecule has 2 N–H and O–H groups in total. The minimum atomic E-state index is 0.107. The van der Waals surface area contributed by atoms with Crippen LogP contribution in [0.3, 0.4) is 0 Å². The molecular weight excluding hydrogens is 188 g/mol. The van der Waals surface area contributed by atoms with Crippen LogP contribution < -0.4 is 10.6 Å². The molecule has 2 aliphatic rings. The number of nitrogens with one attached hydrogen (secondary N) is 2. The van der Waals surface area contributed by atoms with Crippen molar-refractivity contribution in [1.29, 1.82) is 0 Å². The van der Waals surface area contributed by atoms with Gasteiger partial charge in [-0.15, -0.1) is 0 Å². The third-order valence-corrected chi connectivity index (χ3v) is 3.59. The predicted molar refractivity (Wildman–Crippen MR) is 60.7 cm³/mol. The summed E-state index contributed by atoms with van der Waals surface area (Å²) in [5.41, 5.74) is 0. The first-order valence-corrected chi connectivity index (χ1v) is 6.40. The largest absolute Gasteiger partial charge is 0.352 e. The van der Waals surface area contributed by atoms with E-state index in [9.17, 15) is 4.79 Å². The van der Waals surface area contributed by atoms with Gasteiger partial charge in [-0.2, -0.15) is 0 Å². The van der Waals surface area contributed by atoms with Crippen LogP contribution in [0.1, 0.15) is 51.4 Å². The fourth-order valence-electron chi connectivity index (χ4n) is 2.41. The average molecular weight is 210 g/mol. The SMILES string of the molecule is O=C(NC1CCCCCCC1)[C@H]1CCN1. The summed E-state index contributed by atoms with van der Waals surface area (Å²) in [5, 5.41) is 6.34. The maximum absolute atomic E-state index is 11.7. The molecule has 1 saturated heterocycles. The van der Waals surface area contributed by atoms with Gasteiger partial charge in [-0.3, -0.25) is 4.79 Å². The van der Waals surface area contributed by atoms with E-state index >= 15 is 0 Å². The van der Waals surface area contributed by atoms with Crippen LogP contribution >= 0.6 is 0 Å². The summed E-state index contributed by atoms with van der Waals surface area (Å²) in [7, 11) is 0. The van der Waals surface area contributed by atoms with E-state index in [0.717, 1.165) is 13.0 Å². The van der Waals surface area contributed by atoms with Crippen molar-refractivity contribution in [2.45, 2.75) is 63.5 Å². The molecule has 3 nitrogen and oxygen atoms in total. The Kier molecular flexibility index (Phi) is 4.01. The van der Waals surface area contributed by atoms with E-state index in [4.69, 9.17) is 0 Å². The predicted octanol–water partition coefficient (Wildman–Crippen LogP) is 1.58. The molecule has 15 heavy (non-hydrogen) atoms. The molecular formula is C12H22N2O. The molecule has 2 fully saturated rings. The third-order valence-electron chi connectivity index (χ3n) is 3.59. The van der Waals surface area contributed by atoms with Crippen LogP contribution in [0.15, 0.2) is 0 Å². The lowest BCUT2D eigenvalue weighted by Crippen LogP contribution is -2.55. The molecule has 0 aromatic rings. The molecule has 0 unspecified atom stereocenters. The molecule has 1 amide bonds. The van der Waals surface area contributed by atoms with E-state index in [1.54, 1.807) is 0 Å². The zero-order chi connectivity index (χ0) is 10.5. The minimum absolute atomic E-state index is 0.107. The molecule has 0 aromatic heterocycles. The molecule has 86 valence electrons. The summed E-state index contributed by atoms with van der Waals surface area (Å²) in [4.78, 5) is 11.7. The van der Waals surface area contributed by atoms with Crippen molar-refractivity contribution in [3.8, 4) is 0 Å². The minimum Gasteiger partial charge on any atom is -0.352 e. The Balaban J connectivity index is 1.73. The number of carbonyl (C=O) groups is 1. The number of hydrogen-bond acceptors (Lipinski definition) is 2. The second-order valence-corrected chi connectivity index (χ2v) is 4.85. The lowest BCUT2D eigenvalue weighted by molar-refractivity contribution is -0.125. The molecule has 0 spiro atoms. The van der Waals surface area contributed by atoms with Gasteiger partial charge in [-0.1, -0.05) is 32.1 Å². The summed E-state index contributed by atoms with van der Waals surface area (Å²) >= 11 is 0. The number of hydrogen-bond donors (Lipinski definition) is 2. The molecule has 0 bridgehead atoms. The lowest BCUT2D eigenvalue weighted by Gasteiger charge is -2.29. The second-order valence-electron chi connectivity index (χ2n) is 4.85.